The Bertz CT molecular complexity index is 1560. The molecule has 2 aromatic carbocycles. The van der Waals surface area contributed by atoms with Gasteiger partial charge in [0.05, 0.1) is 10.4 Å². The number of H-pyrrole nitrogens is 1. The molecular formula is C22H20N6O7S2. The number of hydrogen-bond acceptors (Lipinski definition) is 9. The molecule has 2 heterocycles. The van der Waals surface area contributed by atoms with Gasteiger partial charge in [0.1, 0.15) is 4.21 Å². The highest BCUT2D eigenvalue weighted by Crippen LogP contribution is 2.37. The Labute approximate surface area is 214 Å². The van der Waals surface area contributed by atoms with E-state index >= 15 is 0 Å². The van der Waals surface area contributed by atoms with Gasteiger partial charge in [-0.3, -0.25) is 24.4 Å². The molecule has 192 valence electrons. The third kappa shape index (κ3) is 6.74. The van der Waals surface area contributed by atoms with Gasteiger partial charge in [0.25, 0.3) is 21.6 Å². The molecule has 0 spiro atoms. The lowest BCUT2D eigenvalue weighted by Crippen LogP contribution is -2.11. The Morgan fingerprint density at radius 1 is 1.19 bits per heavy atom. The fraction of sp³-hybridized carbons (Fsp3) is 0.0909. The van der Waals surface area contributed by atoms with Gasteiger partial charge < -0.3 is 15.0 Å². The first-order valence-electron chi connectivity index (χ1n) is 10.2. The lowest BCUT2D eigenvalue weighted by atomic mass is 10.2. The number of nitrogens with zero attached hydrogens (tertiary/aromatic N) is 4. The molecular weight excluding hydrogens is 524 g/mol. The molecule has 13 nitrogen and oxygen atoms in total. The highest BCUT2D eigenvalue weighted by atomic mass is 32.2. The minimum Gasteiger partial charge on any atom is -0.493 e. The lowest BCUT2D eigenvalue weighted by Gasteiger charge is -2.06. The van der Waals surface area contributed by atoms with Crippen LogP contribution in [0.15, 0.2) is 74.4 Å². The van der Waals surface area contributed by atoms with Crippen LogP contribution in [0.1, 0.15) is 10.4 Å². The molecule has 0 aliphatic heterocycles. The van der Waals surface area contributed by atoms with Gasteiger partial charge in [0.15, 0.2) is 5.69 Å². The molecule has 4 aromatic rings. The van der Waals surface area contributed by atoms with Gasteiger partial charge in [-0.2, -0.15) is 0 Å². The molecule has 4 rings (SSSR count). The standard InChI is InChI=1S/C19H13N5O6S2.C3H7NO/c25-18(11-3-5-12(6-4-11)23-32(29,30)16-2-1-9-31-16)22-21-17-14-10-13(24(27)28)7-8-15(14)20-19(17)26;1-4(2)3-5/h1-10,20,23,26H;3H,1-2H3. The van der Waals surface area contributed by atoms with Crippen LogP contribution in [0.4, 0.5) is 17.1 Å². The number of rotatable bonds is 7. The van der Waals surface area contributed by atoms with Crippen molar-refractivity contribution >= 4 is 61.6 Å². The summed E-state index contributed by atoms with van der Waals surface area (Å²) in [7, 11) is -0.341. The minimum atomic E-state index is -3.72. The number of sulfonamides is 1. The van der Waals surface area contributed by atoms with Gasteiger partial charge in [0.2, 0.25) is 12.3 Å². The predicted octanol–water partition coefficient (Wildman–Crippen LogP) is 4.27. The summed E-state index contributed by atoms with van der Waals surface area (Å²) in [6, 6.07) is 12.5. The van der Waals surface area contributed by atoms with Gasteiger partial charge in [-0.05, 0) is 41.8 Å². The van der Waals surface area contributed by atoms with E-state index in [1.54, 1.807) is 25.5 Å². The number of carbonyl (C=O) groups excluding carboxylic acids is 2. The topological polar surface area (TPSA) is 187 Å². The molecule has 37 heavy (non-hydrogen) atoms. The quantitative estimate of drug-likeness (QED) is 0.134. The summed E-state index contributed by atoms with van der Waals surface area (Å²) in [4.78, 5) is 36.2. The smallest absolute Gasteiger partial charge is 0.295 e. The van der Waals surface area contributed by atoms with Crippen molar-refractivity contribution in [1.82, 2.24) is 9.88 Å². The summed E-state index contributed by atoms with van der Waals surface area (Å²) in [6.45, 7) is 0. The largest absolute Gasteiger partial charge is 0.493 e. The first kappa shape index (κ1) is 27.0. The van der Waals surface area contributed by atoms with E-state index in [9.17, 15) is 33.2 Å². The molecule has 0 fully saturated rings. The monoisotopic (exact) mass is 544 g/mol. The van der Waals surface area contributed by atoms with Crippen LogP contribution in [-0.2, 0) is 14.8 Å². The maximum atomic E-state index is 12.3. The van der Waals surface area contributed by atoms with Crippen LogP contribution in [-0.4, -0.2) is 54.7 Å². The summed E-state index contributed by atoms with van der Waals surface area (Å²) in [5.41, 5.74) is 0.445. The van der Waals surface area contributed by atoms with E-state index in [1.165, 1.54) is 53.4 Å². The third-order valence-electron chi connectivity index (χ3n) is 4.54. The molecule has 0 radical (unpaired) electrons. The van der Waals surface area contributed by atoms with Crippen molar-refractivity contribution < 1.29 is 28.0 Å². The van der Waals surface area contributed by atoms with Crippen LogP contribution >= 0.6 is 11.3 Å². The fourth-order valence-corrected chi connectivity index (χ4v) is 4.87. The molecule has 0 aliphatic carbocycles. The molecule has 0 saturated carbocycles. The molecule has 3 N–H and O–H groups in total. The Balaban J connectivity index is 0.000000695. The van der Waals surface area contributed by atoms with Crippen molar-refractivity contribution in [2.75, 3.05) is 18.8 Å². The molecule has 2 aromatic heterocycles. The molecule has 0 saturated heterocycles. The number of azo groups is 1. The van der Waals surface area contributed by atoms with Crippen molar-refractivity contribution in [2.24, 2.45) is 10.2 Å². The second-order valence-corrected chi connectivity index (χ2v) is 10.4. The van der Waals surface area contributed by atoms with Crippen molar-refractivity contribution in [3.63, 3.8) is 0 Å². The number of thiophene rings is 1. The number of aromatic nitrogens is 1. The number of nitrogens with one attached hydrogen (secondary N) is 2. The SMILES string of the molecule is CN(C)C=O.O=C(N=Nc1c(O)[nH]c2ccc([N+](=O)[O-])cc12)c1ccc(NS(=O)(=O)c2cccs2)cc1. The summed E-state index contributed by atoms with van der Waals surface area (Å²) in [6.07, 6.45) is 0.750. The first-order chi connectivity index (χ1) is 17.5. The number of hydrogen-bond donors (Lipinski definition) is 3. The van der Waals surface area contributed by atoms with Crippen LogP contribution in [0.3, 0.4) is 0 Å². The number of fused-ring (bicyclic) bond motifs is 1. The minimum absolute atomic E-state index is 0.114. The third-order valence-corrected chi connectivity index (χ3v) is 7.32. The van der Waals surface area contributed by atoms with Crippen molar-refractivity contribution in [2.45, 2.75) is 4.21 Å². The lowest BCUT2D eigenvalue weighted by molar-refractivity contribution is -0.384. The zero-order chi connectivity index (χ0) is 27.2. The second kappa shape index (κ2) is 11.4. The average Bonchev–Trinajstić information content (AvgIpc) is 3.51. The first-order valence-corrected chi connectivity index (χ1v) is 12.6. The van der Waals surface area contributed by atoms with E-state index < -0.39 is 26.7 Å². The van der Waals surface area contributed by atoms with E-state index in [4.69, 9.17) is 0 Å². The Hall–Kier alpha value is -4.63. The van der Waals surface area contributed by atoms with Gasteiger partial charge in [0, 0.05) is 42.9 Å². The zero-order valence-electron chi connectivity index (χ0n) is 19.4. The van der Waals surface area contributed by atoms with Gasteiger partial charge in [-0.1, -0.05) is 6.07 Å². The van der Waals surface area contributed by atoms with E-state index in [-0.39, 0.29) is 32.2 Å². The molecule has 0 atom stereocenters. The van der Waals surface area contributed by atoms with Gasteiger partial charge >= 0.3 is 0 Å². The van der Waals surface area contributed by atoms with Crippen LogP contribution in [0, 0.1) is 10.1 Å². The van der Waals surface area contributed by atoms with Crippen molar-refractivity contribution in [3.8, 4) is 5.88 Å². The number of amides is 2. The highest BCUT2D eigenvalue weighted by molar-refractivity contribution is 7.94. The highest BCUT2D eigenvalue weighted by Gasteiger charge is 2.17. The number of carbonyl (C=O) groups is 2. The second-order valence-electron chi connectivity index (χ2n) is 7.50. The molecule has 0 aliphatic rings. The van der Waals surface area contributed by atoms with E-state index in [0.29, 0.717) is 5.52 Å². The van der Waals surface area contributed by atoms with E-state index in [2.05, 4.69) is 19.9 Å². The molecule has 0 bridgehead atoms. The number of aromatic hydroxyl groups is 1. The fourth-order valence-electron chi connectivity index (χ4n) is 2.82. The number of benzene rings is 2. The maximum Gasteiger partial charge on any atom is 0.295 e. The van der Waals surface area contributed by atoms with Crippen LogP contribution in [0.5, 0.6) is 5.88 Å². The number of nitro groups is 1. The summed E-state index contributed by atoms with van der Waals surface area (Å²) < 4.78 is 27.1. The number of anilines is 1. The summed E-state index contributed by atoms with van der Waals surface area (Å²) in [5, 5.41) is 30.2. The van der Waals surface area contributed by atoms with Gasteiger partial charge in [-0.15, -0.1) is 21.6 Å². The molecule has 2 amide bonds. The molecule has 0 unspecified atom stereocenters. The predicted molar refractivity (Wildman–Crippen MR) is 137 cm³/mol. The molecule has 15 heteroatoms. The maximum absolute atomic E-state index is 12.3. The summed E-state index contributed by atoms with van der Waals surface area (Å²) in [5.74, 6) is -1.15. The van der Waals surface area contributed by atoms with E-state index in [0.717, 1.165) is 17.7 Å². The average molecular weight is 545 g/mol. The van der Waals surface area contributed by atoms with Crippen molar-refractivity contribution in [3.05, 3.63) is 75.7 Å². The summed E-state index contributed by atoms with van der Waals surface area (Å²) >= 11 is 1.07. The van der Waals surface area contributed by atoms with Crippen molar-refractivity contribution in [1.29, 1.82) is 0 Å². The number of nitro benzene ring substituents is 1. The Morgan fingerprint density at radius 3 is 2.43 bits per heavy atom. The number of non-ortho nitro benzene ring substituents is 1. The Kier molecular flexibility index (Phi) is 8.31. The Morgan fingerprint density at radius 2 is 1.86 bits per heavy atom. The normalized spacial score (nSPS) is 11.1. The van der Waals surface area contributed by atoms with Crippen LogP contribution in [0.2, 0.25) is 0 Å². The number of aromatic amines is 1. The van der Waals surface area contributed by atoms with Crippen LogP contribution < -0.4 is 4.72 Å². The van der Waals surface area contributed by atoms with Crippen LogP contribution in [0.25, 0.3) is 10.9 Å². The van der Waals surface area contributed by atoms with Gasteiger partial charge in [-0.25, -0.2) is 8.42 Å². The van der Waals surface area contributed by atoms with E-state index in [1.807, 2.05) is 0 Å². The zero-order valence-corrected chi connectivity index (χ0v) is 21.0.